The van der Waals surface area contributed by atoms with Gasteiger partial charge in [-0.25, -0.2) is 13.5 Å². The van der Waals surface area contributed by atoms with Gasteiger partial charge in [-0.3, -0.25) is 4.79 Å². The number of aryl methyl sites for hydroxylation is 2. The minimum Gasteiger partial charge on any atom is -0.319 e. The van der Waals surface area contributed by atoms with Crippen LogP contribution in [0.1, 0.15) is 21.6 Å². The molecular weight excluding hydrogens is 374 g/mol. The lowest BCUT2D eigenvalue weighted by molar-refractivity contribution is 0.102. The lowest BCUT2D eigenvalue weighted by atomic mass is 10.2. The molecular formula is C22H18F2N4O. The van der Waals surface area contributed by atoms with Gasteiger partial charge in [0.2, 0.25) is 0 Å². The minimum atomic E-state index is -0.843. The van der Waals surface area contributed by atoms with Crippen LogP contribution in [0.2, 0.25) is 0 Å². The molecule has 4 rings (SSSR count). The maximum Gasteiger partial charge on any atom is 0.261 e. The van der Waals surface area contributed by atoms with E-state index >= 15 is 0 Å². The number of halogens is 2. The van der Waals surface area contributed by atoms with E-state index in [1.807, 2.05) is 43.3 Å². The summed E-state index contributed by atoms with van der Waals surface area (Å²) in [4.78, 5) is 13.0. The lowest BCUT2D eigenvalue weighted by Gasteiger charge is -2.12. The molecule has 2 heterocycles. The molecule has 0 unspecified atom stereocenters. The highest BCUT2D eigenvalue weighted by atomic mass is 19.1. The van der Waals surface area contributed by atoms with Crippen molar-refractivity contribution in [1.29, 1.82) is 0 Å². The van der Waals surface area contributed by atoms with E-state index in [4.69, 9.17) is 0 Å². The van der Waals surface area contributed by atoms with E-state index in [1.165, 1.54) is 6.07 Å². The third kappa shape index (κ3) is 3.54. The fraction of sp³-hybridized carbons (Fsp3) is 0.0909. The molecule has 4 aromatic rings. The van der Waals surface area contributed by atoms with Crippen molar-refractivity contribution >= 4 is 11.6 Å². The van der Waals surface area contributed by atoms with E-state index in [1.54, 1.807) is 28.6 Å². The zero-order valence-corrected chi connectivity index (χ0v) is 15.9. The van der Waals surface area contributed by atoms with E-state index < -0.39 is 17.5 Å². The number of hydrogen-bond acceptors (Lipinski definition) is 2. The van der Waals surface area contributed by atoms with Gasteiger partial charge in [0.15, 0.2) is 5.82 Å². The van der Waals surface area contributed by atoms with E-state index in [0.717, 1.165) is 23.4 Å². The SMILES string of the molecule is Cc1ccc(-n2nc(C)c(C(=O)Nc3ccc(F)cc3F)c2-n2cccc2)cc1. The van der Waals surface area contributed by atoms with E-state index in [9.17, 15) is 13.6 Å². The number of hydrogen-bond donors (Lipinski definition) is 1. The second-order valence-corrected chi connectivity index (χ2v) is 6.70. The van der Waals surface area contributed by atoms with Crippen molar-refractivity contribution in [3.05, 3.63) is 95.4 Å². The van der Waals surface area contributed by atoms with Crippen LogP contribution in [-0.2, 0) is 0 Å². The minimum absolute atomic E-state index is 0.0997. The molecule has 0 spiro atoms. The smallest absolute Gasteiger partial charge is 0.261 e. The number of carbonyl (C=O) groups is 1. The second kappa shape index (κ2) is 7.35. The summed E-state index contributed by atoms with van der Waals surface area (Å²) in [5, 5.41) is 7.07. The van der Waals surface area contributed by atoms with Gasteiger partial charge in [-0.2, -0.15) is 5.10 Å². The van der Waals surface area contributed by atoms with Gasteiger partial charge < -0.3 is 9.88 Å². The van der Waals surface area contributed by atoms with Crippen LogP contribution in [0.4, 0.5) is 14.5 Å². The fourth-order valence-electron chi connectivity index (χ4n) is 3.14. The van der Waals surface area contributed by atoms with E-state index in [2.05, 4.69) is 10.4 Å². The largest absolute Gasteiger partial charge is 0.319 e. The fourth-order valence-corrected chi connectivity index (χ4v) is 3.14. The number of amides is 1. The Morgan fingerprint density at radius 2 is 1.69 bits per heavy atom. The third-order valence-electron chi connectivity index (χ3n) is 4.57. The first-order valence-corrected chi connectivity index (χ1v) is 9.00. The number of carbonyl (C=O) groups excluding carboxylic acids is 1. The Morgan fingerprint density at radius 1 is 1.00 bits per heavy atom. The zero-order valence-electron chi connectivity index (χ0n) is 15.9. The summed E-state index contributed by atoms with van der Waals surface area (Å²) in [5.41, 5.74) is 2.57. The average molecular weight is 392 g/mol. The van der Waals surface area contributed by atoms with Gasteiger partial charge in [-0.1, -0.05) is 17.7 Å². The summed E-state index contributed by atoms with van der Waals surface area (Å²) >= 11 is 0. The third-order valence-corrected chi connectivity index (χ3v) is 4.57. The number of nitrogens with one attached hydrogen (secondary N) is 1. The second-order valence-electron chi connectivity index (χ2n) is 6.70. The molecule has 7 heteroatoms. The maximum absolute atomic E-state index is 14.0. The number of benzene rings is 2. The van der Waals surface area contributed by atoms with Crippen molar-refractivity contribution in [2.24, 2.45) is 0 Å². The quantitative estimate of drug-likeness (QED) is 0.542. The lowest BCUT2D eigenvalue weighted by Crippen LogP contribution is -2.17. The summed E-state index contributed by atoms with van der Waals surface area (Å²) in [6.45, 7) is 3.70. The highest BCUT2D eigenvalue weighted by molar-refractivity contribution is 6.07. The van der Waals surface area contributed by atoms with Crippen molar-refractivity contribution in [2.45, 2.75) is 13.8 Å². The molecule has 0 saturated carbocycles. The van der Waals surface area contributed by atoms with Gasteiger partial charge in [-0.05, 0) is 50.2 Å². The Balaban J connectivity index is 1.82. The number of nitrogens with zero attached hydrogens (tertiary/aromatic N) is 3. The molecule has 0 fully saturated rings. The van der Waals surface area contributed by atoms with Crippen molar-refractivity contribution in [2.75, 3.05) is 5.32 Å². The van der Waals surface area contributed by atoms with Gasteiger partial charge in [0.25, 0.3) is 5.91 Å². The van der Waals surface area contributed by atoms with Gasteiger partial charge in [-0.15, -0.1) is 0 Å². The molecule has 146 valence electrons. The molecule has 0 radical (unpaired) electrons. The van der Waals surface area contributed by atoms with Gasteiger partial charge in [0.05, 0.1) is 17.1 Å². The number of rotatable bonds is 4. The molecule has 1 amide bonds. The van der Waals surface area contributed by atoms with Crippen LogP contribution in [0.25, 0.3) is 11.5 Å². The molecule has 0 atom stereocenters. The Morgan fingerprint density at radius 3 is 2.34 bits per heavy atom. The van der Waals surface area contributed by atoms with Crippen molar-refractivity contribution < 1.29 is 13.6 Å². The van der Waals surface area contributed by atoms with Crippen LogP contribution in [0.15, 0.2) is 67.0 Å². The van der Waals surface area contributed by atoms with Gasteiger partial charge in [0.1, 0.15) is 17.2 Å². The van der Waals surface area contributed by atoms with Crippen molar-refractivity contribution in [3.8, 4) is 11.5 Å². The van der Waals surface area contributed by atoms with Crippen LogP contribution in [-0.4, -0.2) is 20.3 Å². The van der Waals surface area contributed by atoms with Crippen LogP contribution in [0.3, 0.4) is 0 Å². The Labute approximate surface area is 166 Å². The van der Waals surface area contributed by atoms with E-state index in [0.29, 0.717) is 17.1 Å². The van der Waals surface area contributed by atoms with Crippen LogP contribution < -0.4 is 5.32 Å². The maximum atomic E-state index is 14.0. The summed E-state index contributed by atoms with van der Waals surface area (Å²) in [6.07, 6.45) is 3.60. The number of anilines is 1. The average Bonchev–Trinajstić information content (AvgIpc) is 3.32. The molecule has 0 aliphatic rings. The van der Waals surface area contributed by atoms with Crippen molar-refractivity contribution in [1.82, 2.24) is 14.3 Å². The molecule has 0 saturated heterocycles. The molecule has 0 bridgehead atoms. The van der Waals surface area contributed by atoms with Crippen molar-refractivity contribution in [3.63, 3.8) is 0 Å². The Kier molecular flexibility index (Phi) is 4.72. The summed E-state index contributed by atoms with van der Waals surface area (Å²) in [5.74, 6) is -1.56. The topological polar surface area (TPSA) is 51.9 Å². The summed E-state index contributed by atoms with van der Waals surface area (Å²) in [6, 6.07) is 14.4. The molecule has 2 aromatic carbocycles. The Bertz CT molecular complexity index is 1180. The van der Waals surface area contributed by atoms with Crippen LogP contribution in [0.5, 0.6) is 0 Å². The monoisotopic (exact) mass is 392 g/mol. The standard InChI is InChI=1S/C22H18F2N4O/c1-14-5-8-17(9-6-14)28-22(27-11-3-4-12-27)20(15(2)26-28)21(29)25-19-10-7-16(23)13-18(19)24/h3-13H,1-2H3,(H,25,29). The first-order chi connectivity index (χ1) is 13.9. The molecule has 2 aromatic heterocycles. The normalized spacial score (nSPS) is 10.9. The zero-order chi connectivity index (χ0) is 20.5. The predicted molar refractivity (Wildman–Crippen MR) is 107 cm³/mol. The summed E-state index contributed by atoms with van der Waals surface area (Å²) in [7, 11) is 0. The molecule has 1 N–H and O–H groups in total. The van der Waals surface area contributed by atoms with Crippen LogP contribution >= 0.6 is 0 Å². The predicted octanol–water partition coefficient (Wildman–Crippen LogP) is 4.81. The molecule has 5 nitrogen and oxygen atoms in total. The Hall–Kier alpha value is -3.74. The molecule has 0 aliphatic carbocycles. The highest BCUT2D eigenvalue weighted by Crippen LogP contribution is 2.25. The number of aromatic nitrogens is 3. The molecule has 29 heavy (non-hydrogen) atoms. The molecule has 0 aliphatic heterocycles. The first-order valence-electron chi connectivity index (χ1n) is 9.00. The van der Waals surface area contributed by atoms with Gasteiger partial charge >= 0.3 is 0 Å². The van der Waals surface area contributed by atoms with Crippen LogP contribution in [0, 0.1) is 25.5 Å². The van der Waals surface area contributed by atoms with Gasteiger partial charge in [0, 0.05) is 18.5 Å². The first kappa shape index (κ1) is 18.6. The van der Waals surface area contributed by atoms with E-state index in [-0.39, 0.29) is 5.69 Å². The summed E-state index contributed by atoms with van der Waals surface area (Å²) < 4.78 is 30.6. The highest BCUT2D eigenvalue weighted by Gasteiger charge is 2.24.